The highest BCUT2D eigenvalue weighted by molar-refractivity contribution is 5.80. The zero-order valence-corrected chi connectivity index (χ0v) is 12.0. The molecule has 1 amide bonds. The number of aliphatic hydroxyl groups excluding tert-OH is 1. The molecule has 1 aromatic carbocycles. The minimum absolute atomic E-state index is 0.00564. The summed E-state index contributed by atoms with van der Waals surface area (Å²) in [5.74, 6) is 0.0990. The van der Waals surface area contributed by atoms with Gasteiger partial charge in [-0.05, 0) is 30.4 Å². The summed E-state index contributed by atoms with van der Waals surface area (Å²) in [6, 6.07) is 10.2. The van der Waals surface area contributed by atoms with Gasteiger partial charge in [-0.25, -0.2) is 0 Å². The second-order valence-electron chi connectivity index (χ2n) is 5.33. The highest BCUT2D eigenvalue weighted by atomic mass is 16.3. The summed E-state index contributed by atoms with van der Waals surface area (Å²) in [4.78, 5) is 11.9. The molecule has 2 rings (SSSR count). The van der Waals surface area contributed by atoms with Crippen LogP contribution in [0.4, 0.5) is 0 Å². The van der Waals surface area contributed by atoms with Crippen LogP contribution in [0.25, 0.3) is 10.9 Å². The average Bonchev–Trinajstić information content (AvgIpc) is 2.87. The van der Waals surface area contributed by atoms with Crippen molar-refractivity contribution in [3.8, 4) is 0 Å². The minimum atomic E-state index is -0.00564. The summed E-state index contributed by atoms with van der Waals surface area (Å²) in [6.07, 6.45) is 2.46. The summed E-state index contributed by atoms with van der Waals surface area (Å²) in [5, 5.41) is 13.2. The molecule has 0 radical (unpaired) electrons. The summed E-state index contributed by atoms with van der Waals surface area (Å²) < 4.78 is 2.09. The number of para-hydroxylation sites is 1. The number of carbonyl (C=O) groups is 1. The lowest BCUT2D eigenvalue weighted by atomic mass is 10.1. The SMILES string of the molecule is CC(CO)C(C)NC(=O)CCn1ccc2ccccc21. The monoisotopic (exact) mass is 274 g/mol. The Labute approximate surface area is 119 Å². The van der Waals surface area contributed by atoms with Crippen LogP contribution in [0.5, 0.6) is 0 Å². The molecular formula is C16H22N2O2. The number of rotatable bonds is 6. The first-order valence-electron chi connectivity index (χ1n) is 7.06. The van der Waals surface area contributed by atoms with Crippen molar-refractivity contribution in [2.24, 2.45) is 5.92 Å². The highest BCUT2D eigenvalue weighted by Crippen LogP contribution is 2.15. The molecule has 4 nitrogen and oxygen atoms in total. The quantitative estimate of drug-likeness (QED) is 0.848. The van der Waals surface area contributed by atoms with E-state index in [-0.39, 0.29) is 24.5 Å². The van der Waals surface area contributed by atoms with Crippen molar-refractivity contribution >= 4 is 16.8 Å². The Morgan fingerprint density at radius 2 is 2.05 bits per heavy atom. The number of fused-ring (bicyclic) bond motifs is 1. The zero-order chi connectivity index (χ0) is 14.5. The number of aromatic nitrogens is 1. The van der Waals surface area contributed by atoms with Crippen LogP contribution in [0, 0.1) is 5.92 Å². The van der Waals surface area contributed by atoms with Gasteiger partial charge >= 0.3 is 0 Å². The lowest BCUT2D eigenvalue weighted by Crippen LogP contribution is -2.38. The molecule has 0 aliphatic rings. The molecule has 0 bridgehead atoms. The average molecular weight is 274 g/mol. The van der Waals surface area contributed by atoms with Crippen molar-refractivity contribution in [3.63, 3.8) is 0 Å². The molecule has 4 heteroatoms. The lowest BCUT2D eigenvalue weighted by Gasteiger charge is -2.19. The van der Waals surface area contributed by atoms with E-state index in [1.807, 2.05) is 32.2 Å². The maximum atomic E-state index is 11.9. The summed E-state index contributed by atoms with van der Waals surface area (Å²) in [5.41, 5.74) is 1.15. The zero-order valence-electron chi connectivity index (χ0n) is 12.0. The van der Waals surface area contributed by atoms with E-state index >= 15 is 0 Å². The number of aliphatic hydroxyl groups is 1. The third-order valence-electron chi connectivity index (χ3n) is 3.79. The van der Waals surface area contributed by atoms with Gasteiger partial charge in [0, 0.05) is 37.3 Å². The van der Waals surface area contributed by atoms with E-state index in [0.717, 1.165) is 5.52 Å². The van der Waals surface area contributed by atoms with Crippen molar-refractivity contribution in [1.82, 2.24) is 9.88 Å². The molecule has 2 N–H and O–H groups in total. The largest absolute Gasteiger partial charge is 0.396 e. The molecular weight excluding hydrogens is 252 g/mol. The highest BCUT2D eigenvalue weighted by Gasteiger charge is 2.13. The fourth-order valence-electron chi connectivity index (χ4n) is 2.18. The Kier molecular flexibility index (Phi) is 4.79. The van der Waals surface area contributed by atoms with E-state index < -0.39 is 0 Å². The van der Waals surface area contributed by atoms with Gasteiger partial charge in [0.15, 0.2) is 0 Å². The molecule has 2 atom stereocenters. The third-order valence-corrected chi connectivity index (χ3v) is 3.79. The van der Waals surface area contributed by atoms with Gasteiger partial charge in [0.1, 0.15) is 0 Å². The second kappa shape index (κ2) is 6.57. The number of nitrogens with zero attached hydrogens (tertiary/aromatic N) is 1. The number of hydrogen-bond acceptors (Lipinski definition) is 2. The molecule has 2 unspecified atom stereocenters. The van der Waals surface area contributed by atoms with Crippen molar-refractivity contribution in [2.45, 2.75) is 32.9 Å². The number of nitrogens with one attached hydrogen (secondary N) is 1. The molecule has 0 aliphatic heterocycles. The summed E-state index contributed by atoms with van der Waals surface area (Å²) >= 11 is 0. The maximum absolute atomic E-state index is 11.9. The van der Waals surface area contributed by atoms with E-state index in [1.165, 1.54) is 5.39 Å². The van der Waals surface area contributed by atoms with Gasteiger partial charge in [-0.2, -0.15) is 0 Å². The molecule has 0 aliphatic carbocycles. The van der Waals surface area contributed by atoms with Crippen LogP contribution in [0.15, 0.2) is 36.5 Å². The van der Waals surface area contributed by atoms with Crippen LogP contribution in [-0.2, 0) is 11.3 Å². The van der Waals surface area contributed by atoms with Crippen molar-refractivity contribution in [2.75, 3.05) is 6.61 Å². The predicted molar refractivity (Wildman–Crippen MR) is 80.4 cm³/mol. The second-order valence-corrected chi connectivity index (χ2v) is 5.33. The molecule has 108 valence electrons. The van der Waals surface area contributed by atoms with Crippen molar-refractivity contribution in [1.29, 1.82) is 0 Å². The fraction of sp³-hybridized carbons (Fsp3) is 0.438. The molecule has 0 fully saturated rings. The first-order valence-corrected chi connectivity index (χ1v) is 7.06. The van der Waals surface area contributed by atoms with Crippen molar-refractivity contribution < 1.29 is 9.90 Å². The van der Waals surface area contributed by atoms with E-state index in [9.17, 15) is 4.79 Å². The van der Waals surface area contributed by atoms with Gasteiger partial charge in [0.2, 0.25) is 5.91 Å². The molecule has 0 saturated heterocycles. The van der Waals surface area contributed by atoms with Gasteiger partial charge in [-0.15, -0.1) is 0 Å². The molecule has 1 heterocycles. The van der Waals surface area contributed by atoms with Crippen LogP contribution in [0.1, 0.15) is 20.3 Å². The first kappa shape index (κ1) is 14.6. The van der Waals surface area contributed by atoms with Crippen LogP contribution in [-0.4, -0.2) is 28.2 Å². The smallest absolute Gasteiger partial charge is 0.222 e. The van der Waals surface area contributed by atoms with E-state index in [2.05, 4.69) is 28.1 Å². The van der Waals surface area contributed by atoms with Gasteiger partial charge in [-0.3, -0.25) is 4.79 Å². The van der Waals surface area contributed by atoms with E-state index in [1.54, 1.807) is 0 Å². The Morgan fingerprint density at radius 1 is 1.30 bits per heavy atom. The van der Waals surface area contributed by atoms with Gasteiger partial charge in [-0.1, -0.05) is 25.1 Å². The van der Waals surface area contributed by atoms with Gasteiger partial charge in [0.25, 0.3) is 0 Å². The van der Waals surface area contributed by atoms with Crippen molar-refractivity contribution in [3.05, 3.63) is 36.5 Å². The minimum Gasteiger partial charge on any atom is -0.396 e. The van der Waals surface area contributed by atoms with Gasteiger partial charge < -0.3 is 15.0 Å². The lowest BCUT2D eigenvalue weighted by molar-refractivity contribution is -0.122. The number of hydrogen-bond donors (Lipinski definition) is 2. The van der Waals surface area contributed by atoms with Crippen LogP contribution in [0.2, 0.25) is 0 Å². The third kappa shape index (κ3) is 3.39. The number of carbonyl (C=O) groups excluding carboxylic acids is 1. The number of amides is 1. The standard InChI is InChI=1S/C16H22N2O2/c1-12(11-19)13(2)17-16(20)8-10-18-9-7-14-5-3-4-6-15(14)18/h3-7,9,12-13,19H,8,10-11H2,1-2H3,(H,17,20). The van der Waals surface area contributed by atoms with Crippen LogP contribution >= 0.6 is 0 Å². The number of benzene rings is 1. The predicted octanol–water partition coefficient (Wildman–Crippen LogP) is 2.16. The topological polar surface area (TPSA) is 54.3 Å². The Bertz CT molecular complexity index is 577. The summed E-state index contributed by atoms with van der Waals surface area (Å²) in [6.45, 7) is 4.59. The molecule has 2 aromatic rings. The maximum Gasteiger partial charge on any atom is 0.222 e. The number of aryl methyl sites for hydroxylation is 1. The summed E-state index contributed by atoms with van der Waals surface area (Å²) in [7, 11) is 0. The molecule has 0 spiro atoms. The Balaban J connectivity index is 1.90. The van der Waals surface area contributed by atoms with E-state index in [0.29, 0.717) is 13.0 Å². The Hall–Kier alpha value is -1.81. The normalized spacial score (nSPS) is 14.2. The first-order chi connectivity index (χ1) is 9.61. The molecule has 1 aromatic heterocycles. The van der Waals surface area contributed by atoms with Crippen LogP contribution in [0.3, 0.4) is 0 Å². The van der Waals surface area contributed by atoms with E-state index in [4.69, 9.17) is 5.11 Å². The fourth-order valence-corrected chi connectivity index (χ4v) is 2.18. The molecule has 20 heavy (non-hydrogen) atoms. The van der Waals surface area contributed by atoms with Crippen LogP contribution < -0.4 is 5.32 Å². The Morgan fingerprint density at radius 3 is 2.80 bits per heavy atom. The molecule has 0 saturated carbocycles. The van der Waals surface area contributed by atoms with Gasteiger partial charge in [0.05, 0.1) is 0 Å².